The second-order valence-electron chi connectivity index (χ2n) is 6.18. The number of likely N-dealkylation sites (tertiary alicyclic amines) is 1. The SMILES string of the molecule is CC(C)(CN1CCCC(CO)C1)c1ccccc1. The van der Waals surface area contributed by atoms with Crippen molar-refractivity contribution in [3.05, 3.63) is 35.9 Å². The molecule has 1 atom stereocenters. The average Bonchev–Trinajstić information content (AvgIpc) is 2.39. The van der Waals surface area contributed by atoms with Crippen molar-refractivity contribution in [3.8, 4) is 0 Å². The summed E-state index contributed by atoms with van der Waals surface area (Å²) in [7, 11) is 0. The first-order valence-corrected chi connectivity index (χ1v) is 7.00. The topological polar surface area (TPSA) is 23.5 Å². The van der Waals surface area contributed by atoms with Gasteiger partial charge in [0.15, 0.2) is 0 Å². The predicted octanol–water partition coefficient (Wildman–Crippen LogP) is 2.67. The van der Waals surface area contributed by atoms with Gasteiger partial charge in [0.05, 0.1) is 0 Å². The van der Waals surface area contributed by atoms with Gasteiger partial charge in [-0.15, -0.1) is 0 Å². The zero-order valence-electron chi connectivity index (χ0n) is 11.6. The van der Waals surface area contributed by atoms with Crippen LogP contribution in [0.15, 0.2) is 30.3 Å². The van der Waals surface area contributed by atoms with Crippen LogP contribution in [0, 0.1) is 5.92 Å². The summed E-state index contributed by atoms with van der Waals surface area (Å²) in [5, 5.41) is 9.30. The quantitative estimate of drug-likeness (QED) is 0.884. The van der Waals surface area contributed by atoms with Crippen LogP contribution in [0.4, 0.5) is 0 Å². The van der Waals surface area contributed by atoms with Gasteiger partial charge in [-0.25, -0.2) is 0 Å². The van der Waals surface area contributed by atoms with E-state index in [1.807, 2.05) is 0 Å². The molecular weight excluding hydrogens is 222 g/mol. The third-order valence-corrected chi connectivity index (χ3v) is 4.04. The minimum Gasteiger partial charge on any atom is -0.396 e. The lowest BCUT2D eigenvalue weighted by atomic mass is 9.83. The third kappa shape index (κ3) is 3.33. The van der Waals surface area contributed by atoms with Crippen LogP contribution in [0.25, 0.3) is 0 Å². The molecule has 1 aliphatic heterocycles. The molecule has 0 saturated carbocycles. The average molecular weight is 247 g/mol. The summed E-state index contributed by atoms with van der Waals surface area (Å²) >= 11 is 0. The maximum Gasteiger partial charge on any atom is 0.0471 e. The summed E-state index contributed by atoms with van der Waals surface area (Å²) in [6.07, 6.45) is 2.40. The smallest absolute Gasteiger partial charge is 0.0471 e. The molecule has 1 aromatic carbocycles. The molecule has 1 aromatic rings. The number of benzene rings is 1. The van der Waals surface area contributed by atoms with Crippen LogP contribution in [0.1, 0.15) is 32.3 Å². The van der Waals surface area contributed by atoms with E-state index in [4.69, 9.17) is 0 Å². The molecule has 0 radical (unpaired) electrons. The second-order valence-corrected chi connectivity index (χ2v) is 6.18. The highest BCUT2D eigenvalue weighted by Crippen LogP contribution is 2.26. The van der Waals surface area contributed by atoms with Crippen LogP contribution < -0.4 is 0 Å². The number of nitrogens with zero attached hydrogens (tertiary/aromatic N) is 1. The summed E-state index contributed by atoms with van der Waals surface area (Å²) in [6, 6.07) is 10.7. The molecule has 2 nitrogen and oxygen atoms in total. The lowest BCUT2D eigenvalue weighted by Gasteiger charge is -2.37. The van der Waals surface area contributed by atoms with E-state index in [1.54, 1.807) is 0 Å². The van der Waals surface area contributed by atoms with Crippen molar-refractivity contribution in [2.45, 2.75) is 32.1 Å². The standard InChI is InChI=1S/C16H25NO/c1-16(2,15-8-4-3-5-9-15)13-17-10-6-7-14(11-17)12-18/h3-5,8-9,14,18H,6-7,10-13H2,1-2H3. The van der Waals surface area contributed by atoms with Crippen molar-refractivity contribution in [2.75, 3.05) is 26.2 Å². The van der Waals surface area contributed by atoms with Crippen molar-refractivity contribution in [1.82, 2.24) is 4.90 Å². The monoisotopic (exact) mass is 247 g/mol. The summed E-state index contributed by atoms with van der Waals surface area (Å²) in [4.78, 5) is 2.51. The predicted molar refractivity (Wildman–Crippen MR) is 75.7 cm³/mol. The van der Waals surface area contributed by atoms with E-state index in [-0.39, 0.29) is 5.41 Å². The Morgan fingerprint density at radius 2 is 2.00 bits per heavy atom. The molecular formula is C16H25NO. The van der Waals surface area contributed by atoms with Gasteiger partial charge in [-0.05, 0) is 30.9 Å². The molecule has 1 saturated heterocycles. The first-order chi connectivity index (χ1) is 8.62. The van der Waals surface area contributed by atoms with E-state index in [2.05, 4.69) is 49.1 Å². The van der Waals surface area contributed by atoms with Crippen molar-refractivity contribution in [2.24, 2.45) is 5.92 Å². The maximum absolute atomic E-state index is 9.30. The second kappa shape index (κ2) is 5.85. The van der Waals surface area contributed by atoms with E-state index >= 15 is 0 Å². The van der Waals surface area contributed by atoms with Gasteiger partial charge in [0, 0.05) is 25.1 Å². The number of aliphatic hydroxyl groups is 1. The zero-order chi connectivity index (χ0) is 13.0. The number of hydrogen-bond donors (Lipinski definition) is 1. The number of rotatable bonds is 4. The Labute approximate surface area is 111 Å². The first-order valence-electron chi connectivity index (χ1n) is 7.00. The Kier molecular flexibility index (Phi) is 4.41. The first kappa shape index (κ1) is 13.6. The zero-order valence-corrected chi connectivity index (χ0v) is 11.6. The lowest BCUT2D eigenvalue weighted by molar-refractivity contribution is 0.105. The van der Waals surface area contributed by atoms with Crippen LogP contribution in [0.3, 0.4) is 0 Å². The molecule has 100 valence electrons. The highest BCUT2D eigenvalue weighted by atomic mass is 16.3. The van der Waals surface area contributed by atoms with Crippen LogP contribution in [0.2, 0.25) is 0 Å². The van der Waals surface area contributed by atoms with E-state index < -0.39 is 0 Å². The molecule has 0 spiro atoms. The van der Waals surface area contributed by atoms with E-state index in [0.29, 0.717) is 12.5 Å². The molecule has 0 aliphatic carbocycles. The summed E-state index contributed by atoms with van der Waals surface area (Å²) in [6.45, 7) is 8.26. The van der Waals surface area contributed by atoms with Gasteiger partial charge in [0.2, 0.25) is 0 Å². The molecule has 0 amide bonds. The summed E-state index contributed by atoms with van der Waals surface area (Å²) < 4.78 is 0. The van der Waals surface area contributed by atoms with Crippen molar-refractivity contribution < 1.29 is 5.11 Å². The number of hydrogen-bond acceptors (Lipinski definition) is 2. The highest BCUT2D eigenvalue weighted by molar-refractivity contribution is 5.23. The Morgan fingerprint density at radius 3 is 2.67 bits per heavy atom. The van der Waals surface area contributed by atoms with Crippen LogP contribution in [0.5, 0.6) is 0 Å². The van der Waals surface area contributed by atoms with E-state index in [9.17, 15) is 5.11 Å². The van der Waals surface area contributed by atoms with Gasteiger partial charge < -0.3 is 10.0 Å². The van der Waals surface area contributed by atoms with E-state index in [0.717, 1.165) is 13.1 Å². The largest absolute Gasteiger partial charge is 0.396 e. The summed E-state index contributed by atoms with van der Waals surface area (Å²) in [5.41, 5.74) is 1.58. The molecule has 1 aliphatic rings. The Balaban J connectivity index is 1.99. The van der Waals surface area contributed by atoms with Gasteiger partial charge in [0.1, 0.15) is 0 Å². The molecule has 1 fully saturated rings. The third-order valence-electron chi connectivity index (χ3n) is 4.04. The molecule has 1 unspecified atom stereocenters. The van der Waals surface area contributed by atoms with Crippen molar-refractivity contribution in [1.29, 1.82) is 0 Å². The highest BCUT2D eigenvalue weighted by Gasteiger charge is 2.27. The molecule has 2 heteroatoms. The molecule has 0 aromatic heterocycles. The van der Waals surface area contributed by atoms with Gasteiger partial charge in [-0.3, -0.25) is 0 Å². The van der Waals surface area contributed by atoms with Crippen LogP contribution in [-0.2, 0) is 5.41 Å². The minimum atomic E-state index is 0.179. The fourth-order valence-electron chi connectivity index (χ4n) is 2.98. The van der Waals surface area contributed by atoms with Crippen molar-refractivity contribution >= 4 is 0 Å². The molecule has 1 heterocycles. The number of aliphatic hydroxyl groups excluding tert-OH is 1. The fraction of sp³-hybridized carbons (Fsp3) is 0.625. The molecule has 1 N–H and O–H groups in total. The van der Waals surface area contributed by atoms with Gasteiger partial charge >= 0.3 is 0 Å². The number of piperidine rings is 1. The van der Waals surface area contributed by atoms with Gasteiger partial charge in [-0.2, -0.15) is 0 Å². The summed E-state index contributed by atoms with van der Waals surface area (Å²) in [5.74, 6) is 0.477. The van der Waals surface area contributed by atoms with Crippen LogP contribution >= 0.6 is 0 Å². The van der Waals surface area contributed by atoms with Crippen LogP contribution in [-0.4, -0.2) is 36.2 Å². The Bertz CT molecular complexity index is 361. The van der Waals surface area contributed by atoms with Crippen molar-refractivity contribution in [3.63, 3.8) is 0 Å². The minimum absolute atomic E-state index is 0.179. The molecule has 18 heavy (non-hydrogen) atoms. The molecule has 0 bridgehead atoms. The Hall–Kier alpha value is -0.860. The van der Waals surface area contributed by atoms with Gasteiger partial charge in [-0.1, -0.05) is 44.2 Å². The normalized spacial score (nSPS) is 22.1. The molecule has 2 rings (SSSR count). The van der Waals surface area contributed by atoms with E-state index in [1.165, 1.54) is 24.9 Å². The fourth-order valence-corrected chi connectivity index (χ4v) is 2.98. The van der Waals surface area contributed by atoms with Gasteiger partial charge in [0.25, 0.3) is 0 Å². The lowest BCUT2D eigenvalue weighted by Crippen LogP contribution is -2.43. The maximum atomic E-state index is 9.30. The Morgan fingerprint density at radius 1 is 1.28 bits per heavy atom.